The molecule has 1 saturated heterocycles. The van der Waals surface area contributed by atoms with Gasteiger partial charge >= 0.3 is 0 Å². The Balaban J connectivity index is 1.49. The lowest BCUT2D eigenvalue weighted by molar-refractivity contribution is 0.224. The van der Waals surface area contributed by atoms with E-state index in [1.54, 1.807) is 7.11 Å². The zero-order valence-electron chi connectivity index (χ0n) is 14.3. The van der Waals surface area contributed by atoms with E-state index in [2.05, 4.69) is 27.2 Å². The smallest absolute Gasteiger partial charge is 0.247 e. The minimum absolute atomic E-state index is 0.387. The zero-order chi connectivity index (χ0) is 17.1. The second-order valence-corrected chi connectivity index (χ2v) is 6.27. The number of ether oxygens (including phenoxy) is 1. The largest absolute Gasteiger partial charge is 0.497 e. The summed E-state index contributed by atoms with van der Waals surface area (Å²) in [5, 5.41) is 8.42. The van der Waals surface area contributed by atoms with E-state index in [0.717, 1.165) is 24.3 Å². The Bertz CT molecular complexity index is 814. The summed E-state index contributed by atoms with van der Waals surface area (Å²) in [7, 11) is 1.69. The zero-order valence-corrected chi connectivity index (χ0v) is 14.3. The molecule has 5 heteroatoms. The van der Waals surface area contributed by atoms with E-state index in [4.69, 9.17) is 9.15 Å². The molecule has 4 rings (SSSR count). The monoisotopic (exact) mass is 335 g/mol. The fourth-order valence-corrected chi connectivity index (χ4v) is 3.41. The van der Waals surface area contributed by atoms with Gasteiger partial charge in [0.25, 0.3) is 0 Å². The van der Waals surface area contributed by atoms with Gasteiger partial charge in [0.15, 0.2) is 0 Å². The van der Waals surface area contributed by atoms with E-state index in [1.165, 1.54) is 12.0 Å². The van der Waals surface area contributed by atoms with Crippen LogP contribution in [0, 0.1) is 0 Å². The summed E-state index contributed by atoms with van der Waals surface area (Å²) in [5.74, 6) is 2.13. The van der Waals surface area contributed by atoms with Crippen molar-refractivity contribution in [3.05, 3.63) is 66.1 Å². The van der Waals surface area contributed by atoms with Crippen LogP contribution in [0.3, 0.4) is 0 Å². The number of hydrogen-bond donors (Lipinski definition) is 0. The normalized spacial score (nSPS) is 17.7. The van der Waals surface area contributed by atoms with Crippen molar-refractivity contribution in [1.82, 2.24) is 15.1 Å². The standard InChI is InChI=1S/C20H21N3O2/c1-24-17-11-9-15(10-12-17)18-8-5-13-23(18)14-19-21-22-20(25-19)16-6-3-2-4-7-16/h2-4,6-7,9-12,18H,5,8,13-14H2,1H3/t18-/m1/s1. The minimum atomic E-state index is 0.387. The van der Waals surface area contributed by atoms with Crippen molar-refractivity contribution in [3.63, 3.8) is 0 Å². The molecule has 0 amide bonds. The van der Waals surface area contributed by atoms with Crippen molar-refractivity contribution in [2.24, 2.45) is 0 Å². The second kappa shape index (κ2) is 7.07. The molecule has 5 nitrogen and oxygen atoms in total. The molecule has 0 unspecified atom stereocenters. The molecule has 0 bridgehead atoms. The number of rotatable bonds is 5. The van der Waals surface area contributed by atoms with E-state index in [1.807, 2.05) is 42.5 Å². The van der Waals surface area contributed by atoms with E-state index in [9.17, 15) is 0 Å². The van der Waals surface area contributed by atoms with Gasteiger partial charge < -0.3 is 9.15 Å². The van der Waals surface area contributed by atoms with E-state index < -0.39 is 0 Å². The van der Waals surface area contributed by atoms with Gasteiger partial charge in [0.05, 0.1) is 13.7 Å². The highest BCUT2D eigenvalue weighted by molar-refractivity contribution is 5.51. The first-order chi connectivity index (χ1) is 12.3. The van der Waals surface area contributed by atoms with Gasteiger partial charge in [-0.2, -0.15) is 0 Å². The van der Waals surface area contributed by atoms with Crippen LogP contribution >= 0.6 is 0 Å². The van der Waals surface area contributed by atoms with Crippen LogP contribution < -0.4 is 4.74 Å². The molecule has 1 aromatic heterocycles. The molecule has 1 aliphatic rings. The lowest BCUT2D eigenvalue weighted by Gasteiger charge is -2.23. The maximum Gasteiger partial charge on any atom is 0.247 e. The Labute approximate surface area is 147 Å². The van der Waals surface area contributed by atoms with Crippen molar-refractivity contribution in [2.45, 2.75) is 25.4 Å². The van der Waals surface area contributed by atoms with Gasteiger partial charge in [-0.05, 0) is 49.2 Å². The Kier molecular flexibility index (Phi) is 4.48. The SMILES string of the molecule is COc1ccc([C@H]2CCCN2Cc2nnc(-c3ccccc3)o2)cc1. The minimum Gasteiger partial charge on any atom is -0.497 e. The van der Waals surface area contributed by atoms with Crippen LogP contribution in [0.25, 0.3) is 11.5 Å². The van der Waals surface area contributed by atoms with Gasteiger partial charge in [-0.1, -0.05) is 30.3 Å². The average Bonchev–Trinajstić information content (AvgIpc) is 3.33. The Morgan fingerprint density at radius 1 is 1.08 bits per heavy atom. The molecular weight excluding hydrogens is 314 g/mol. The van der Waals surface area contributed by atoms with Gasteiger partial charge in [0.1, 0.15) is 5.75 Å². The van der Waals surface area contributed by atoms with Crippen LogP contribution in [-0.4, -0.2) is 28.8 Å². The van der Waals surface area contributed by atoms with E-state index in [0.29, 0.717) is 24.4 Å². The summed E-state index contributed by atoms with van der Waals surface area (Å²) in [6.07, 6.45) is 2.32. The fourth-order valence-electron chi connectivity index (χ4n) is 3.41. The number of nitrogens with zero attached hydrogens (tertiary/aromatic N) is 3. The predicted octanol–water partition coefficient (Wildman–Crippen LogP) is 4.08. The maximum atomic E-state index is 5.87. The molecule has 1 fully saturated rings. The van der Waals surface area contributed by atoms with Crippen LogP contribution in [0.5, 0.6) is 5.75 Å². The summed E-state index contributed by atoms with van der Waals surface area (Å²) in [4.78, 5) is 2.41. The maximum absolute atomic E-state index is 5.87. The molecule has 128 valence electrons. The van der Waals surface area contributed by atoms with Crippen LogP contribution in [0.2, 0.25) is 0 Å². The van der Waals surface area contributed by atoms with Gasteiger partial charge in [0.2, 0.25) is 11.8 Å². The molecule has 0 saturated carbocycles. The highest BCUT2D eigenvalue weighted by Crippen LogP contribution is 2.34. The predicted molar refractivity (Wildman–Crippen MR) is 95.1 cm³/mol. The van der Waals surface area contributed by atoms with E-state index >= 15 is 0 Å². The summed E-state index contributed by atoms with van der Waals surface area (Å²) in [5.41, 5.74) is 2.26. The van der Waals surface area contributed by atoms with Gasteiger partial charge in [-0.25, -0.2) is 0 Å². The van der Waals surface area contributed by atoms with Gasteiger partial charge in [-0.3, -0.25) is 4.90 Å². The van der Waals surface area contributed by atoms with Crippen LogP contribution in [0.4, 0.5) is 0 Å². The summed E-state index contributed by atoms with van der Waals surface area (Å²) in [6.45, 7) is 1.72. The molecule has 25 heavy (non-hydrogen) atoms. The number of methoxy groups -OCH3 is 1. The Morgan fingerprint density at radius 2 is 1.88 bits per heavy atom. The molecule has 2 heterocycles. The highest BCUT2D eigenvalue weighted by atomic mass is 16.5. The van der Waals surface area contributed by atoms with Crippen LogP contribution in [-0.2, 0) is 6.54 Å². The Morgan fingerprint density at radius 3 is 2.64 bits per heavy atom. The number of hydrogen-bond acceptors (Lipinski definition) is 5. The van der Waals surface area contributed by atoms with E-state index in [-0.39, 0.29) is 0 Å². The third-order valence-corrected chi connectivity index (χ3v) is 4.69. The summed E-state index contributed by atoms with van der Waals surface area (Å²) < 4.78 is 11.1. The third kappa shape index (κ3) is 3.42. The molecule has 0 radical (unpaired) electrons. The molecule has 2 aromatic carbocycles. The first-order valence-electron chi connectivity index (χ1n) is 8.59. The van der Waals surface area contributed by atoms with Crippen molar-refractivity contribution in [3.8, 4) is 17.2 Å². The first kappa shape index (κ1) is 15.8. The van der Waals surface area contributed by atoms with Crippen molar-refractivity contribution < 1.29 is 9.15 Å². The topological polar surface area (TPSA) is 51.4 Å². The molecule has 0 aliphatic carbocycles. The fraction of sp³-hybridized carbons (Fsp3) is 0.300. The molecule has 3 aromatic rings. The van der Waals surface area contributed by atoms with Crippen molar-refractivity contribution >= 4 is 0 Å². The van der Waals surface area contributed by atoms with Crippen LogP contribution in [0.1, 0.15) is 30.3 Å². The molecule has 1 aliphatic heterocycles. The summed E-state index contributed by atoms with van der Waals surface area (Å²) in [6, 6.07) is 18.6. The summed E-state index contributed by atoms with van der Waals surface area (Å²) >= 11 is 0. The van der Waals surface area contributed by atoms with Crippen molar-refractivity contribution in [1.29, 1.82) is 0 Å². The number of aromatic nitrogens is 2. The molecule has 0 spiro atoms. The molecule has 0 N–H and O–H groups in total. The molecular formula is C20H21N3O2. The number of likely N-dealkylation sites (tertiary alicyclic amines) is 1. The van der Waals surface area contributed by atoms with Crippen molar-refractivity contribution in [2.75, 3.05) is 13.7 Å². The second-order valence-electron chi connectivity index (χ2n) is 6.27. The molecule has 1 atom stereocenters. The lowest BCUT2D eigenvalue weighted by atomic mass is 10.0. The Hall–Kier alpha value is -2.66. The van der Waals surface area contributed by atoms with Crippen LogP contribution in [0.15, 0.2) is 59.0 Å². The highest BCUT2D eigenvalue weighted by Gasteiger charge is 2.27. The average molecular weight is 335 g/mol. The van der Waals surface area contributed by atoms with Gasteiger partial charge in [-0.15, -0.1) is 10.2 Å². The third-order valence-electron chi connectivity index (χ3n) is 4.69. The quantitative estimate of drug-likeness (QED) is 0.703. The first-order valence-corrected chi connectivity index (χ1v) is 8.59. The number of benzene rings is 2. The van der Waals surface area contributed by atoms with Gasteiger partial charge in [0, 0.05) is 11.6 Å². The lowest BCUT2D eigenvalue weighted by Crippen LogP contribution is -2.22.